The molecule has 3 aliphatic rings. The molecule has 11 heteroatoms. The molecule has 1 amide bonds. The van der Waals surface area contributed by atoms with E-state index in [1.54, 1.807) is 0 Å². The first-order valence-corrected chi connectivity index (χ1v) is 10.5. The maximum Gasteiger partial charge on any atom is 0.433 e. The number of pyridine rings is 1. The Morgan fingerprint density at radius 2 is 2.06 bits per heavy atom. The van der Waals surface area contributed by atoms with Crippen LogP contribution in [0, 0.1) is 5.82 Å². The van der Waals surface area contributed by atoms with Gasteiger partial charge in [0.1, 0.15) is 11.5 Å². The van der Waals surface area contributed by atoms with Crippen LogP contribution in [0.25, 0.3) is 0 Å². The van der Waals surface area contributed by atoms with Crippen LogP contribution in [0.1, 0.15) is 51.4 Å². The molecule has 1 aliphatic carbocycles. The molecule has 0 radical (unpaired) electrons. The van der Waals surface area contributed by atoms with E-state index in [9.17, 15) is 22.4 Å². The summed E-state index contributed by atoms with van der Waals surface area (Å²) in [6, 6.07) is 4.16. The summed E-state index contributed by atoms with van der Waals surface area (Å²) in [5.41, 5.74) is 6.76. The highest BCUT2D eigenvalue weighted by Gasteiger charge is 2.38. The number of rotatable bonds is 2. The average Bonchev–Trinajstić information content (AvgIpc) is 3.21. The van der Waals surface area contributed by atoms with Gasteiger partial charge in [-0.2, -0.15) is 13.2 Å². The van der Waals surface area contributed by atoms with Gasteiger partial charge in [-0.1, -0.05) is 6.07 Å². The third-order valence-electron chi connectivity index (χ3n) is 6.46. The van der Waals surface area contributed by atoms with Gasteiger partial charge in [0.05, 0.1) is 36.5 Å². The molecule has 2 aliphatic heterocycles. The monoisotopic (exact) mass is 463 g/mol. The van der Waals surface area contributed by atoms with Crippen LogP contribution in [-0.4, -0.2) is 53.5 Å². The summed E-state index contributed by atoms with van der Waals surface area (Å²) in [6.45, 7) is 1.36. The molecule has 5 rings (SSSR count). The van der Waals surface area contributed by atoms with E-state index in [2.05, 4.69) is 9.98 Å². The zero-order valence-corrected chi connectivity index (χ0v) is 17.7. The third kappa shape index (κ3) is 3.60. The van der Waals surface area contributed by atoms with Crippen molar-refractivity contribution in [2.75, 3.05) is 26.8 Å². The van der Waals surface area contributed by atoms with Gasteiger partial charge >= 0.3 is 6.18 Å². The molecule has 0 saturated carbocycles. The average molecular weight is 463 g/mol. The fourth-order valence-corrected chi connectivity index (χ4v) is 4.77. The number of halogens is 4. The predicted octanol–water partition coefficient (Wildman–Crippen LogP) is 3.33. The van der Waals surface area contributed by atoms with E-state index in [1.165, 1.54) is 30.1 Å². The number of benzene rings is 1. The minimum atomic E-state index is -4.54. The number of ether oxygens (including phenoxy) is 1. The Hall–Kier alpha value is -3.21. The number of aliphatic imine (C=N–C) groups is 1. The van der Waals surface area contributed by atoms with Crippen molar-refractivity contribution in [2.24, 2.45) is 10.7 Å². The van der Waals surface area contributed by atoms with Gasteiger partial charge < -0.3 is 20.3 Å². The number of nitrogens with zero attached hydrogens (tertiary/aromatic N) is 4. The molecule has 0 bridgehead atoms. The van der Waals surface area contributed by atoms with Gasteiger partial charge in [0.25, 0.3) is 5.91 Å². The second-order valence-corrected chi connectivity index (χ2v) is 8.35. The molecule has 1 fully saturated rings. The number of hydrogen-bond donors (Lipinski definition) is 1. The second kappa shape index (κ2) is 7.68. The molecule has 1 aromatic carbocycles. The first-order chi connectivity index (χ1) is 15.6. The molecule has 2 N–H and O–H groups in total. The summed E-state index contributed by atoms with van der Waals surface area (Å²) >= 11 is 0. The molecule has 174 valence electrons. The maximum atomic E-state index is 15.0. The normalized spacial score (nSPS) is 21.7. The van der Waals surface area contributed by atoms with Gasteiger partial charge in [-0.15, -0.1) is 0 Å². The van der Waals surface area contributed by atoms with Crippen molar-refractivity contribution in [1.82, 2.24) is 14.8 Å². The minimum absolute atomic E-state index is 0.134. The van der Waals surface area contributed by atoms with Gasteiger partial charge in [0, 0.05) is 30.9 Å². The Bertz CT molecular complexity index is 1170. The number of fused-ring (bicyclic) bond motifs is 4. The number of hydrogen-bond acceptors (Lipinski definition) is 6. The molecule has 2 atom stereocenters. The molecule has 1 aromatic heterocycles. The minimum Gasteiger partial charge on any atom is -0.377 e. The van der Waals surface area contributed by atoms with Crippen molar-refractivity contribution in [2.45, 2.75) is 31.1 Å². The van der Waals surface area contributed by atoms with Crippen molar-refractivity contribution >= 4 is 17.6 Å². The van der Waals surface area contributed by atoms with Crippen LogP contribution in [0.3, 0.4) is 0 Å². The molecule has 2 aromatic rings. The molecule has 0 spiro atoms. The largest absolute Gasteiger partial charge is 0.433 e. The number of amides is 1. The van der Waals surface area contributed by atoms with Gasteiger partial charge in [0.2, 0.25) is 0 Å². The van der Waals surface area contributed by atoms with Crippen LogP contribution in [0.5, 0.6) is 0 Å². The zero-order valence-electron chi connectivity index (χ0n) is 17.7. The molecular formula is C22H21F4N5O2. The number of carbonyl (C=O) groups excluding carboxylic acids is 1. The Kier molecular flexibility index (Phi) is 5.04. The zero-order chi connectivity index (χ0) is 23.5. The number of alkyl halides is 3. The van der Waals surface area contributed by atoms with Crippen LogP contribution in [0.2, 0.25) is 0 Å². The van der Waals surface area contributed by atoms with E-state index >= 15 is 0 Å². The Balaban J connectivity index is 1.46. The summed E-state index contributed by atoms with van der Waals surface area (Å²) in [4.78, 5) is 24.5. The molecule has 33 heavy (non-hydrogen) atoms. The standard InChI is InChI=1S/C22H21F4N5O2/c1-30(17-4-3-15-11(17)2-5-19(28-15)22(24,25)26)20(32)12-8-13-16(9-14(12)23)29-21(27)31-6-7-33-10-18(13)31/h2,5,8-9,17-18H,3-4,6-7,10H2,1H3,(H2,27,29). The van der Waals surface area contributed by atoms with Crippen molar-refractivity contribution in [3.8, 4) is 0 Å². The van der Waals surface area contributed by atoms with Crippen molar-refractivity contribution in [3.05, 3.63) is 58.2 Å². The molecular weight excluding hydrogens is 442 g/mol. The van der Waals surface area contributed by atoms with Crippen molar-refractivity contribution in [3.63, 3.8) is 0 Å². The lowest BCUT2D eigenvalue weighted by atomic mass is 9.97. The molecule has 2 unspecified atom stereocenters. The van der Waals surface area contributed by atoms with Gasteiger partial charge in [0.15, 0.2) is 5.96 Å². The van der Waals surface area contributed by atoms with E-state index in [0.717, 1.165) is 6.07 Å². The SMILES string of the molecule is CN(C(=O)c1cc2c(cc1F)N=C(N)N1CCOCC21)C1CCc2nc(C(F)(F)F)ccc21. The van der Waals surface area contributed by atoms with Crippen LogP contribution in [0.15, 0.2) is 29.3 Å². The third-order valence-corrected chi connectivity index (χ3v) is 6.46. The first-order valence-electron chi connectivity index (χ1n) is 10.5. The highest BCUT2D eigenvalue weighted by molar-refractivity contribution is 5.96. The summed E-state index contributed by atoms with van der Waals surface area (Å²) in [5, 5.41) is 0. The lowest BCUT2D eigenvalue weighted by Crippen LogP contribution is -2.48. The highest BCUT2D eigenvalue weighted by atomic mass is 19.4. The number of morpholine rings is 1. The quantitative estimate of drug-likeness (QED) is 0.691. The summed E-state index contributed by atoms with van der Waals surface area (Å²) in [5.74, 6) is -1.03. The molecule has 7 nitrogen and oxygen atoms in total. The Morgan fingerprint density at radius 1 is 1.27 bits per heavy atom. The lowest BCUT2D eigenvalue weighted by molar-refractivity contribution is -0.141. The maximum absolute atomic E-state index is 15.0. The number of guanidine groups is 1. The summed E-state index contributed by atoms with van der Waals surface area (Å²) in [6.07, 6.45) is -3.83. The van der Waals surface area contributed by atoms with Gasteiger partial charge in [-0.25, -0.2) is 14.4 Å². The first kappa shape index (κ1) is 21.6. The van der Waals surface area contributed by atoms with Crippen LogP contribution in [-0.2, 0) is 17.3 Å². The molecule has 1 saturated heterocycles. The van der Waals surface area contributed by atoms with E-state index < -0.39 is 29.6 Å². The van der Waals surface area contributed by atoms with E-state index in [-0.39, 0.29) is 17.6 Å². The smallest absolute Gasteiger partial charge is 0.377 e. The van der Waals surface area contributed by atoms with E-state index in [0.29, 0.717) is 55.1 Å². The number of carbonyl (C=O) groups is 1. The Labute approximate surface area is 186 Å². The predicted molar refractivity (Wildman–Crippen MR) is 110 cm³/mol. The Morgan fingerprint density at radius 3 is 2.82 bits per heavy atom. The summed E-state index contributed by atoms with van der Waals surface area (Å²) < 4.78 is 59.5. The molecule has 3 heterocycles. The van der Waals surface area contributed by atoms with Crippen LogP contribution < -0.4 is 5.73 Å². The van der Waals surface area contributed by atoms with Crippen molar-refractivity contribution < 1.29 is 27.1 Å². The number of aromatic nitrogens is 1. The van der Waals surface area contributed by atoms with Gasteiger partial charge in [-0.05, 0) is 30.5 Å². The second-order valence-electron chi connectivity index (χ2n) is 8.35. The van der Waals surface area contributed by atoms with E-state index in [4.69, 9.17) is 10.5 Å². The van der Waals surface area contributed by atoms with Crippen LogP contribution in [0.4, 0.5) is 23.2 Å². The summed E-state index contributed by atoms with van der Waals surface area (Å²) in [7, 11) is 1.52. The fraction of sp³-hybridized carbons (Fsp3) is 0.409. The topological polar surface area (TPSA) is 84.0 Å². The van der Waals surface area contributed by atoms with E-state index in [1.807, 2.05) is 4.90 Å². The number of aryl methyl sites for hydroxylation is 1. The van der Waals surface area contributed by atoms with Crippen LogP contribution >= 0.6 is 0 Å². The van der Waals surface area contributed by atoms with Crippen molar-refractivity contribution in [1.29, 1.82) is 0 Å². The van der Waals surface area contributed by atoms with Gasteiger partial charge in [-0.3, -0.25) is 4.79 Å². The fourth-order valence-electron chi connectivity index (χ4n) is 4.77. The number of nitrogens with two attached hydrogens (primary N) is 1. The highest BCUT2D eigenvalue weighted by Crippen LogP contribution is 2.40. The lowest BCUT2D eigenvalue weighted by Gasteiger charge is -2.39.